The van der Waals surface area contributed by atoms with Gasteiger partial charge in [0.1, 0.15) is 0 Å². The average Bonchev–Trinajstić information content (AvgIpc) is 3.28. The molecule has 0 aliphatic carbocycles. The molecule has 31 heavy (non-hydrogen) atoms. The molecule has 2 aromatic heterocycles. The lowest BCUT2D eigenvalue weighted by Crippen LogP contribution is -2.48. The molecule has 1 fully saturated rings. The summed E-state index contributed by atoms with van der Waals surface area (Å²) in [5.74, 6) is 0.116. The smallest absolute Gasteiger partial charge is 0.253 e. The summed E-state index contributed by atoms with van der Waals surface area (Å²) in [4.78, 5) is 17.5. The molecule has 1 saturated heterocycles. The topological polar surface area (TPSA) is 59.2 Å². The lowest BCUT2D eigenvalue weighted by atomic mass is 10.1. The second kappa shape index (κ2) is 9.06. The molecule has 0 spiro atoms. The number of hydrogen-bond acceptors (Lipinski definition) is 4. The van der Waals surface area contributed by atoms with E-state index in [0.717, 1.165) is 67.5 Å². The number of rotatable bonds is 6. The van der Waals surface area contributed by atoms with E-state index in [9.17, 15) is 4.79 Å². The predicted molar refractivity (Wildman–Crippen MR) is 121 cm³/mol. The number of carbonyl (C=O) groups is 1. The molecular formula is C24H32N6O. The van der Waals surface area contributed by atoms with Crippen molar-refractivity contribution in [2.45, 2.75) is 47.3 Å². The summed E-state index contributed by atoms with van der Waals surface area (Å²) in [5.41, 5.74) is 6.37. The van der Waals surface area contributed by atoms with Gasteiger partial charge in [-0.15, -0.1) is 0 Å². The zero-order valence-corrected chi connectivity index (χ0v) is 19.0. The molecule has 1 aromatic carbocycles. The van der Waals surface area contributed by atoms with E-state index in [4.69, 9.17) is 0 Å². The molecule has 1 aliphatic rings. The van der Waals surface area contributed by atoms with Crippen LogP contribution in [-0.2, 0) is 19.6 Å². The van der Waals surface area contributed by atoms with Crippen LogP contribution < -0.4 is 0 Å². The quantitative estimate of drug-likeness (QED) is 0.615. The summed E-state index contributed by atoms with van der Waals surface area (Å²) in [7, 11) is 0. The van der Waals surface area contributed by atoms with Gasteiger partial charge in [-0.3, -0.25) is 19.1 Å². The predicted octanol–water partition coefficient (Wildman–Crippen LogP) is 3.03. The number of amides is 1. The number of piperazine rings is 1. The van der Waals surface area contributed by atoms with E-state index in [1.165, 1.54) is 5.56 Å². The zero-order valence-electron chi connectivity index (χ0n) is 19.0. The van der Waals surface area contributed by atoms with Crippen LogP contribution in [0.3, 0.4) is 0 Å². The summed E-state index contributed by atoms with van der Waals surface area (Å²) in [6, 6.07) is 10.0. The molecule has 0 radical (unpaired) electrons. The van der Waals surface area contributed by atoms with Crippen molar-refractivity contribution < 1.29 is 4.79 Å². The molecule has 3 heterocycles. The van der Waals surface area contributed by atoms with Crippen LogP contribution in [0.4, 0.5) is 0 Å². The second-order valence-electron chi connectivity index (χ2n) is 8.45. The molecule has 0 bridgehead atoms. The van der Waals surface area contributed by atoms with Crippen LogP contribution in [0.1, 0.15) is 45.5 Å². The van der Waals surface area contributed by atoms with Gasteiger partial charge < -0.3 is 4.90 Å². The highest BCUT2D eigenvalue weighted by Gasteiger charge is 2.23. The first kappa shape index (κ1) is 21.3. The molecule has 0 saturated carbocycles. The monoisotopic (exact) mass is 420 g/mol. The number of carbonyl (C=O) groups excluding carboxylic acids is 1. The highest BCUT2D eigenvalue weighted by atomic mass is 16.2. The summed E-state index contributed by atoms with van der Waals surface area (Å²) < 4.78 is 3.98. The third-order valence-electron chi connectivity index (χ3n) is 6.04. The normalized spacial score (nSPS) is 14.9. The van der Waals surface area contributed by atoms with E-state index in [-0.39, 0.29) is 5.91 Å². The van der Waals surface area contributed by atoms with Crippen molar-refractivity contribution in [2.24, 2.45) is 0 Å². The lowest BCUT2D eigenvalue weighted by Gasteiger charge is -2.34. The Balaban J connectivity index is 1.36. The third kappa shape index (κ3) is 4.88. The van der Waals surface area contributed by atoms with E-state index < -0.39 is 0 Å². The first-order valence-electron chi connectivity index (χ1n) is 11.1. The van der Waals surface area contributed by atoms with Crippen molar-refractivity contribution in [1.29, 1.82) is 0 Å². The zero-order chi connectivity index (χ0) is 22.0. The van der Waals surface area contributed by atoms with Gasteiger partial charge in [0.15, 0.2) is 0 Å². The number of aromatic nitrogens is 4. The van der Waals surface area contributed by atoms with Crippen molar-refractivity contribution in [1.82, 2.24) is 29.4 Å². The van der Waals surface area contributed by atoms with Crippen LogP contribution in [0, 0.1) is 20.8 Å². The van der Waals surface area contributed by atoms with Gasteiger partial charge in [0.2, 0.25) is 0 Å². The van der Waals surface area contributed by atoms with E-state index in [1.807, 2.05) is 39.4 Å². The van der Waals surface area contributed by atoms with E-state index in [2.05, 4.69) is 54.2 Å². The number of hydrogen-bond donors (Lipinski definition) is 0. The average molecular weight is 421 g/mol. The minimum absolute atomic E-state index is 0.116. The maximum Gasteiger partial charge on any atom is 0.253 e. The van der Waals surface area contributed by atoms with E-state index in [0.29, 0.717) is 6.54 Å². The Morgan fingerprint density at radius 1 is 1.00 bits per heavy atom. The van der Waals surface area contributed by atoms with Crippen LogP contribution in [0.25, 0.3) is 0 Å². The summed E-state index contributed by atoms with van der Waals surface area (Å²) in [6.07, 6.45) is 2.14. The van der Waals surface area contributed by atoms with Gasteiger partial charge in [-0.1, -0.05) is 12.1 Å². The van der Waals surface area contributed by atoms with Crippen molar-refractivity contribution in [2.75, 3.05) is 26.2 Å². The Kier molecular flexibility index (Phi) is 6.23. The largest absolute Gasteiger partial charge is 0.336 e. The number of nitrogens with zero attached hydrogens (tertiary/aromatic N) is 6. The van der Waals surface area contributed by atoms with Gasteiger partial charge in [-0.2, -0.15) is 10.2 Å². The first-order valence-corrected chi connectivity index (χ1v) is 11.1. The van der Waals surface area contributed by atoms with Crippen LogP contribution >= 0.6 is 0 Å². The van der Waals surface area contributed by atoms with E-state index in [1.54, 1.807) is 0 Å². The molecule has 0 unspecified atom stereocenters. The third-order valence-corrected chi connectivity index (χ3v) is 6.04. The highest BCUT2D eigenvalue weighted by molar-refractivity contribution is 5.94. The highest BCUT2D eigenvalue weighted by Crippen LogP contribution is 2.15. The Hall–Kier alpha value is -2.93. The molecule has 7 nitrogen and oxygen atoms in total. The Labute approximate surface area is 184 Å². The van der Waals surface area contributed by atoms with Crippen molar-refractivity contribution in [3.05, 3.63) is 70.3 Å². The minimum atomic E-state index is 0.116. The van der Waals surface area contributed by atoms with Gasteiger partial charge in [0, 0.05) is 62.3 Å². The SMILES string of the molecule is CCn1cc(CN2CCN(C(=O)c3cccc(Cn4nc(C)cc4C)c3)CC2)c(C)n1. The summed E-state index contributed by atoms with van der Waals surface area (Å²) in [6.45, 7) is 14.0. The van der Waals surface area contributed by atoms with Crippen molar-refractivity contribution >= 4 is 5.91 Å². The molecule has 164 valence electrons. The minimum Gasteiger partial charge on any atom is -0.336 e. The maximum atomic E-state index is 13.1. The molecule has 0 N–H and O–H groups in total. The fourth-order valence-corrected chi connectivity index (χ4v) is 4.22. The molecule has 4 rings (SSSR count). The van der Waals surface area contributed by atoms with E-state index >= 15 is 0 Å². The van der Waals surface area contributed by atoms with Crippen LogP contribution in [0.15, 0.2) is 36.5 Å². The lowest BCUT2D eigenvalue weighted by molar-refractivity contribution is 0.0628. The van der Waals surface area contributed by atoms with Crippen molar-refractivity contribution in [3.63, 3.8) is 0 Å². The Bertz CT molecular complexity index is 1060. The van der Waals surface area contributed by atoms with Gasteiger partial charge >= 0.3 is 0 Å². The van der Waals surface area contributed by atoms with Gasteiger partial charge in [0.25, 0.3) is 5.91 Å². The second-order valence-corrected chi connectivity index (χ2v) is 8.45. The Morgan fingerprint density at radius 2 is 1.77 bits per heavy atom. The van der Waals surface area contributed by atoms with Gasteiger partial charge in [0.05, 0.1) is 17.9 Å². The fourth-order valence-electron chi connectivity index (χ4n) is 4.22. The van der Waals surface area contributed by atoms with Gasteiger partial charge in [-0.25, -0.2) is 0 Å². The molecule has 0 atom stereocenters. The summed E-state index contributed by atoms with van der Waals surface area (Å²) >= 11 is 0. The standard InChI is InChI=1S/C24H32N6O/c1-5-29-17-23(20(4)26-29)16-27-9-11-28(12-10-27)24(31)22-8-6-7-21(14-22)15-30-19(3)13-18(2)25-30/h6-8,13-14,17H,5,9-12,15-16H2,1-4H3. The molecular weight excluding hydrogens is 388 g/mol. The number of aryl methyl sites for hydroxylation is 4. The molecule has 3 aromatic rings. The van der Waals surface area contributed by atoms with Crippen LogP contribution in [-0.4, -0.2) is 61.4 Å². The molecule has 7 heteroatoms. The molecule has 1 amide bonds. The number of benzene rings is 1. The molecule has 1 aliphatic heterocycles. The Morgan fingerprint density at radius 3 is 2.42 bits per heavy atom. The maximum absolute atomic E-state index is 13.1. The fraction of sp³-hybridized carbons (Fsp3) is 0.458. The van der Waals surface area contributed by atoms with Crippen molar-refractivity contribution in [3.8, 4) is 0 Å². The first-order chi connectivity index (χ1) is 14.9. The van der Waals surface area contributed by atoms with Crippen LogP contribution in [0.5, 0.6) is 0 Å². The summed E-state index contributed by atoms with van der Waals surface area (Å²) in [5, 5.41) is 9.08. The van der Waals surface area contributed by atoms with Gasteiger partial charge in [-0.05, 0) is 51.5 Å². The van der Waals surface area contributed by atoms with Crippen LogP contribution in [0.2, 0.25) is 0 Å².